The minimum atomic E-state index is -3.14. The molecule has 1 fully saturated rings. The molecule has 3 atom stereocenters. The highest BCUT2D eigenvalue weighted by atomic mass is 32.2. The monoisotopic (exact) mass is 329 g/mol. The average Bonchev–Trinajstić information content (AvgIpc) is 2.48. The van der Waals surface area contributed by atoms with Crippen LogP contribution in [-0.2, 0) is 9.84 Å². The standard InChI is InChI=1S/C14H23N3O2S2/c1-3-21(18,19)13-10-20-9-8-17(13)14(11(2)15)12-6-4-5-7-16-12/h4-7,11,13-14H,3,8-10,15H2,1-2H3. The van der Waals surface area contributed by atoms with Crippen molar-refractivity contribution in [3.05, 3.63) is 30.1 Å². The molecule has 0 saturated carbocycles. The number of aromatic nitrogens is 1. The van der Waals surface area contributed by atoms with Crippen LogP contribution in [0, 0.1) is 0 Å². The molecule has 1 saturated heterocycles. The van der Waals surface area contributed by atoms with Crippen molar-refractivity contribution in [2.45, 2.75) is 31.3 Å². The number of hydrogen-bond donors (Lipinski definition) is 1. The van der Waals surface area contributed by atoms with Crippen LogP contribution < -0.4 is 5.73 Å². The Morgan fingerprint density at radius 2 is 2.29 bits per heavy atom. The molecular formula is C14H23N3O2S2. The lowest BCUT2D eigenvalue weighted by Gasteiger charge is -2.41. The van der Waals surface area contributed by atoms with Crippen molar-refractivity contribution in [1.82, 2.24) is 9.88 Å². The van der Waals surface area contributed by atoms with Crippen molar-refractivity contribution in [3.8, 4) is 0 Å². The molecule has 0 aromatic carbocycles. The van der Waals surface area contributed by atoms with Gasteiger partial charge in [-0.25, -0.2) is 8.42 Å². The van der Waals surface area contributed by atoms with Crippen LogP contribution in [-0.4, -0.2) is 53.5 Å². The third-order valence-corrected chi connectivity index (χ3v) is 7.09. The predicted octanol–water partition coefficient (Wildman–Crippen LogP) is 1.28. The summed E-state index contributed by atoms with van der Waals surface area (Å²) in [7, 11) is -3.14. The van der Waals surface area contributed by atoms with Crippen LogP contribution in [0.1, 0.15) is 25.6 Å². The molecule has 1 aromatic rings. The van der Waals surface area contributed by atoms with E-state index in [-0.39, 0.29) is 17.8 Å². The molecule has 1 aliphatic rings. The molecule has 118 valence electrons. The fourth-order valence-electron chi connectivity index (χ4n) is 2.71. The number of rotatable bonds is 5. The topological polar surface area (TPSA) is 76.3 Å². The molecule has 0 bridgehead atoms. The molecule has 0 spiro atoms. The number of sulfone groups is 1. The van der Waals surface area contributed by atoms with Crippen LogP contribution in [0.15, 0.2) is 24.4 Å². The van der Waals surface area contributed by atoms with Crippen LogP contribution in [0.5, 0.6) is 0 Å². The Balaban J connectivity index is 2.38. The van der Waals surface area contributed by atoms with E-state index in [1.165, 1.54) is 0 Å². The van der Waals surface area contributed by atoms with Gasteiger partial charge in [-0.3, -0.25) is 9.88 Å². The fraction of sp³-hybridized carbons (Fsp3) is 0.643. The van der Waals surface area contributed by atoms with Gasteiger partial charge < -0.3 is 5.73 Å². The second-order valence-electron chi connectivity index (χ2n) is 5.28. The lowest BCUT2D eigenvalue weighted by Crippen LogP contribution is -2.53. The summed E-state index contributed by atoms with van der Waals surface area (Å²) < 4.78 is 24.8. The molecule has 2 heterocycles. The number of pyridine rings is 1. The molecule has 7 heteroatoms. The van der Waals surface area contributed by atoms with Gasteiger partial charge in [-0.2, -0.15) is 11.8 Å². The van der Waals surface area contributed by atoms with Gasteiger partial charge in [-0.1, -0.05) is 13.0 Å². The van der Waals surface area contributed by atoms with Crippen LogP contribution in [0.3, 0.4) is 0 Å². The molecule has 0 amide bonds. The van der Waals surface area contributed by atoms with Gasteiger partial charge in [0.15, 0.2) is 9.84 Å². The highest BCUT2D eigenvalue weighted by Gasteiger charge is 2.39. The molecular weight excluding hydrogens is 306 g/mol. The number of nitrogens with zero attached hydrogens (tertiary/aromatic N) is 2. The first-order valence-electron chi connectivity index (χ1n) is 7.19. The summed E-state index contributed by atoms with van der Waals surface area (Å²) in [5.74, 6) is 1.68. The quantitative estimate of drug-likeness (QED) is 0.877. The maximum Gasteiger partial charge on any atom is 0.166 e. The van der Waals surface area contributed by atoms with Crippen molar-refractivity contribution in [2.75, 3.05) is 23.8 Å². The molecule has 0 radical (unpaired) electrons. The molecule has 0 aliphatic carbocycles. The third-order valence-electron chi connectivity index (χ3n) is 3.79. The summed E-state index contributed by atoms with van der Waals surface area (Å²) in [4.78, 5) is 6.42. The van der Waals surface area contributed by atoms with Crippen molar-refractivity contribution in [2.24, 2.45) is 5.73 Å². The maximum atomic E-state index is 12.4. The fourth-order valence-corrected chi connectivity index (χ4v) is 5.76. The van der Waals surface area contributed by atoms with E-state index in [9.17, 15) is 8.42 Å². The van der Waals surface area contributed by atoms with Crippen molar-refractivity contribution in [1.29, 1.82) is 0 Å². The van der Waals surface area contributed by atoms with Gasteiger partial charge in [0.05, 0.1) is 11.7 Å². The van der Waals surface area contributed by atoms with E-state index in [0.29, 0.717) is 5.75 Å². The predicted molar refractivity (Wildman–Crippen MR) is 87.9 cm³/mol. The lowest BCUT2D eigenvalue weighted by atomic mass is 10.0. The zero-order valence-corrected chi connectivity index (χ0v) is 14.1. The largest absolute Gasteiger partial charge is 0.326 e. The molecule has 5 nitrogen and oxygen atoms in total. The zero-order chi connectivity index (χ0) is 15.5. The number of hydrogen-bond acceptors (Lipinski definition) is 6. The van der Waals surface area contributed by atoms with E-state index in [0.717, 1.165) is 18.0 Å². The van der Waals surface area contributed by atoms with E-state index >= 15 is 0 Å². The van der Waals surface area contributed by atoms with E-state index in [1.807, 2.05) is 30.0 Å². The van der Waals surface area contributed by atoms with Crippen LogP contribution in [0.4, 0.5) is 0 Å². The van der Waals surface area contributed by atoms with E-state index in [1.54, 1.807) is 24.9 Å². The maximum absolute atomic E-state index is 12.4. The Bertz CT molecular complexity index is 549. The molecule has 1 aliphatic heterocycles. The minimum absolute atomic E-state index is 0.155. The van der Waals surface area contributed by atoms with E-state index in [2.05, 4.69) is 4.98 Å². The molecule has 2 rings (SSSR count). The number of nitrogens with two attached hydrogens (primary N) is 1. The summed E-state index contributed by atoms with van der Waals surface area (Å²) >= 11 is 1.69. The summed E-state index contributed by atoms with van der Waals surface area (Å²) in [6.45, 7) is 4.34. The average molecular weight is 329 g/mol. The first kappa shape index (κ1) is 16.7. The zero-order valence-electron chi connectivity index (χ0n) is 12.5. The van der Waals surface area contributed by atoms with E-state index < -0.39 is 15.2 Å². The molecule has 1 aromatic heterocycles. The van der Waals surface area contributed by atoms with Gasteiger partial charge in [0.1, 0.15) is 5.37 Å². The Hall–Kier alpha value is -0.630. The van der Waals surface area contributed by atoms with Crippen molar-refractivity contribution < 1.29 is 8.42 Å². The highest BCUT2D eigenvalue weighted by Crippen LogP contribution is 2.31. The molecule has 2 N–H and O–H groups in total. The number of thioether (sulfide) groups is 1. The van der Waals surface area contributed by atoms with Gasteiger partial charge in [0, 0.05) is 36.0 Å². The summed E-state index contributed by atoms with van der Waals surface area (Å²) in [6, 6.07) is 5.34. The van der Waals surface area contributed by atoms with Crippen LogP contribution >= 0.6 is 11.8 Å². The lowest BCUT2D eigenvalue weighted by molar-refractivity contribution is 0.168. The van der Waals surface area contributed by atoms with Gasteiger partial charge in [0.25, 0.3) is 0 Å². The van der Waals surface area contributed by atoms with Gasteiger partial charge in [-0.15, -0.1) is 0 Å². The Kier molecular flexibility index (Phi) is 5.65. The Labute approximate surface area is 131 Å². The van der Waals surface area contributed by atoms with Crippen LogP contribution in [0.2, 0.25) is 0 Å². The third kappa shape index (κ3) is 3.77. The smallest absolute Gasteiger partial charge is 0.166 e. The van der Waals surface area contributed by atoms with Crippen molar-refractivity contribution in [3.63, 3.8) is 0 Å². The second kappa shape index (κ2) is 7.09. The van der Waals surface area contributed by atoms with Gasteiger partial charge >= 0.3 is 0 Å². The Morgan fingerprint density at radius 1 is 1.52 bits per heavy atom. The van der Waals surface area contributed by atoms with E-state index in [4.69, 9.17) is 5.73 Å². The first-order chi connectivity index (χ1) is 9.97. The highest BCUT2D eigenvalue weighted by molar-refractivity contribution is 8.01. The Morgan fingerprint density at radius 3 is 2.86 bits per heavy atom. The minimum Gasteiger partial charge on any atom is -0.326 e. The van der Waals surface area contributed by atoms with Gasteiger partial charge in [0.2, 0.25) is 0 Å². The van der Waals surface area contributed by atoms with Gasteiger partial charge in [-0.05, 0) is 19.1 Å². The second-order valence-corrected chi connectivity index (χ2v) is 8.87. The molecule has 3 unspecified atom stereocenters. The molecule has 21 heavy (non-hydrogen) atoms. The van der Waals surface area contributed by atoms with Crippen LogP contribution in [0.25, 0.3) is 0 Å². The summed E-state index contributed by atoms with van der Waals surface area (Å²) in [6.07, 6.45) is 1.73. The summed E-state index contributed by atoms with van der Waals surface area (Å²) in [5, 5.41) is -0.473. The summed E-state index contributed by atoms with van der Waals surface area (Å²) in [5.41, 5.74) is 7.01. The first-order valence-corrected chi connectivity index (χ1v) is 10.1. The SMILES string of the molecule is CCS(=O)(=O)C1CSCCN1C(c1ccccn1)C(C)N. The normalized spacial score (nSPS) is 23.7. The van der Waals surface area contributed by atoms with Crippen molar-refractivity contribution >= 4 is 21.6 Å².